The summed E-state index contributed by atoms with van der Waals surface area (Å²) in [5, 5.41) is 11.3. The monoisotopic (exact) mass is 268 g/mol. The summed E-state index contributed by atoms with van der Waals surface area (Å²) in [6.07, 6.45) is 0. The fraction of sp³-hybridized carbons (Fsp3) is 0.385. The zero-order valence-electron chi connectivity index (χ0n) is 10.9. The van der Waals surface area contributed by atoms with Crippen LogP contribution in [0.2, 0.25) is 0 Å². The smallest absolute Gasteiger partial charge is 0.317 e. The fourth-order valence-corrected chi connectivity index (χ4v) is 1.59. The lowest BCUT2D eigenvalue weighted by atomic mass is 10.2. The SMILES string of the molecule is CCN(CC(=O)O)CC(=O)Nc1cc(F)ccc1C. The molecular formula is C13H17FN2O3. The van der Waals surface area contributed by atoms with Crippen molar-refractivity contribution >= 4 is 17.6 Å². The summed E-state index contributed by atoms with van der Waals surface area (Å²) in [6, 6.07) is 4.12. The second-order valence-corrected chi connectivity index (χ2v) is 4.20. The third kappa shape index (κ3) is 5.05. The minimum absolute atomic E-state index is 0.0429. The first-order chi connectivity index (χ1) is 8.92. The molecule has 0 aliphatic heterocycles. The van der Waals surface area contributed by atoms with Crippen molar-refractivity contribution in [3.05, 3.63) is 29.6 Å². The van der Waals surface area contributed by atoms with Crippen LogP contribution in [0.5, 0.6) is 0 Å². The van der Waals surface area contributed by atoms with Gasteiger partial charge >= 0.3 is 5.97 Å². The minimum atomic E-state index is -0.989. The van der Waals surface area contributed by atoms with E-state index < -0.39 is 11.8 Å². The quantitative estimate of drug-likeness (QED) is 0.820. The highest BCUT2D eigenvalue weighted by Crippen LogP contribution is 2.15. The number of amides is 1. The van der Waals surface area contributed by atoms with Crippen molar-refractivity contribution in [2.75, 3.05) is 25.0 Å². The number of aliphatic carboxylic acids is 1. The average molecular weight is 268 g/mol. The molecule has 1 aromatic carbocycles. The molecule has 104 valence electrons. The molecule has 0 spiro atoms. The standard InChI is InChI=1S/C13H17FN2O3/c1-3-16(8-13(18)19)7-12(17)15-11-6-10(14)5-4-9(11)2/h4-6H,3,7-8H2,1-2H3,(H,15,17)(H,18,19). The van der Waals surface area contributed by atoms with Crippen molar-refractivity contribution < 1.29 is 19.1 Å². The third-order valence-corrected chi connectivity index (χ3v) is 2.65. The summed E-state index contributed by atoms with van der Waals surface area (Å²) in [7, 11) is 0. The number of carboxylic acid groups (broad SMARTS) is 1. The lowest BCUT2D eigenvalue weighted by Gasteiger charge is -2.17. The summed E-state index contributed by atoms with van der Waals surface area (Å²) in [5.41, 5.74) is 1.15. The van der Waals surface area contributed by atoms with Gasteiger partial charge in [0, 0.05) is 5.69 Å². The van der Waals surface area contributed by atoms with Gasteiger partial charge in [0.1, 0.15) is 5.82 Å². The van der Waals surface area contributed by atoms with Crippen LogP contribution in [-0.4, -0.2) is 41.5 Å². The van der Waals surface area contributed by atoms with Gasteiger partial charge in [0.15, 0.2) is 0 Å². The Kier molecular flexibility index (Phi) is 5.44. The maximum Gasteiger partial charge on any atom is 0.317 e. The average Bonchev–Trinajstić information content (AvgIpc) is 2.32. The van der Waals surface area contributed by atoms with Crippen molar-refractivity contribution in [3.63, 3.8) is 0 Å². The molecule has 0 radical (unpaired) electrons. The Morgan fingerprint density at radius 3 is 2.63 bits per heavy atom. The largest absolute Gasteiger partial charge is 0.480 e. The Hall–Kier alpha value is -1.95. The first-order valence-corrected chi connectivity index (χ1v) is 5.92. The summed E-state index contributed by atoms with van der Waals surface area (Å²) >= 11 is 0. The van der Waals surface area contributed by atoms with Crippen molar-refractivity contribution in [3.8, 4) is 0 Å². The zero-order valence-corrected chi connectivity index (χ0v) is 10.9. The van der Waals surface area contributed by atoms with Crippen molar-refractivity contribution in [2.24, 2.45) is 0 Å². The molecule has 2 N–H and O–H groups in total. The molecule has 1 amide bonds. The summed E-state index contributed by atoms with van der Waals surface area (Å²) in [6.45, 7) is 3.72. The number of anilines is 1. The molecule has 0 aliphatic rings. The number of halogens is 1. The van der Waals surface area contributed by atoms with Crippen LogP contribution in [0.3, 0.4) is 0 Å². The highest BCUT2D eigenvalue weighted by atomic mass is 19.1. The zero-order chi connectivity index (χ0) is 14.4. The van der Waals surface area contributed by atoms with Crippen LogP contribution in [0, 0.1) is 12.7 Å². The molecule has 19 heavy (non-hydrogen) atoms. The van der Waals surface area contributed by atoms with E-state index in [1.165, 1.54) is 17.0 Å². The van der Waals surface area contributed by atoms with E-state index in [4.69, 9.17) is 5.11 Å². The Morgan fingerprint density at radius 1 is 1.37 bits per heavy atom. The van der Waals surface area contributed by atoms with Crippen LogP contribution >= 0.6 is 0 Å². The van der Waals surface area contributed by atoms with Gasteiger partial charge in [-0.25, -0.2) is 4.39 Å². The van der Waals surface area contributed by atoms with E-state index in [1.807, 2.05) is 0 Å². The maximum atomic E-state index is 13.1. The third-order valence-electron chi connectivity index (χ3n) is 2.65. The number of carboxylic acids is 1. The molecule has 5 nitrogen and oxygen atoms in total. The Labute approximate surface area is 111 Å². The van der Waals surface area contributed by atoms with Gasteiger partial charge < -0.3 is 10.4 Å². The number of benzene rings is 1. The van der Waals surface area contributed by atoms with E-state index in [2.05, 4.69) is 5.32 Å². The van der Waals surface area contributed by atoms with Gasteiger partial charge in [0.05, 0.1) is 13.1 Å². The van der Waals surface area contributed by atoms with Gasteiger partial charge in [-0.2, -0.15) is 0 Å². The van der Waals surface area contributed by atoms with E-state index in [-0.39, 0.29) is 19.0 Å². The summed E-state index contributed by atoms with van der Waals surface area (Å²) in [4.78, 5) is 23.8. The molecule has 0 bridgehead atoms. The van der Waals surface area contributed by atoms with E-state index >= 15 is 0 Å². The molecule has 0 aromatic heterocycles. The Morgan fingerprint density at radius 2 is 2.05 bits per heavy atom. The highest BCUT2D eigenvalue weighted by Gasteiger charge is 2.13. The maximum absolute atomic E-state index is 13.1. The topological polar surface area (TPSA) is 69.6 Å². The number of likely N-dealkylation sites (N-methyl/N-ethyl adjacent to an activating group) is 1. The number of hydrogen-bond acceptors (Lipinski definition) is 3. The number of aryl methyl sites for hydroxylation is 1. The minimum Gasteiger partial charge on any atom is -0.480 e. The van der Waals surface area contributed by atoms with E-state index in [0.29, 0.717) is 12.2 Å². The molecule has 1 rings (SSSR count). The van der Waals surface area contributed by atoms with Crippen LogP contribution < -0.4 is 5.32 Å². The molecule has 0 atom stereocenters. The van der Waals surface area contributed by atoms with Crippen LogP contribution in [-0.2, 0) is 9.59 Å². The molecule has 0 heterocycles. The van der Waals surface area contributed by atoms with Crippen molar-refractivity contribution in [1.82, 2.24) is 4.90 Å². The van der Waals surface area contributed by atoms with E-state index in [0.717, 1.165) is 5.56 Å². The fourth-order valence-electron chi connectivity index (χ4n) is 1.59. The molecule has 0 unspecified atom stereocenters. The molecule has 0 fully saturated rings. The number of rotatable bonds is 6. The van der Waals surface area contributed by atoms with Crippen LogP contribution in [0.15, 0.2) is 18.2 Å². The van der Waals surface area contributed by atoms with Crippen LogP contribution in [0.25, 0.3) is 0 Å². The number of carbonyl (C=O) groups is 2. The number of hydrogen-bond donors (Lipinski definition) is 2. The predicted molar refractivity (Wildman–Crippen MR) is 69.5 cm³/mol. The first-order valence-electron chi connectivity index (χ1n) is 5.92. The van der Waals surface area contributed by atoms with Crippen molar-refractivity contribution in [1.29, 1.82) is 0 Å². The molecule has 0 saturated heterocycles. The normalized spacial score (nSPS) is 10.5. The van der Waals surface area contributed by atoms with Gasteiger partial charge in [-0.3, -0.25) is 14.5 Å². The molecule has 6 heteroatoms. The lowest BCUT2D eigenvalue weighted by molar-refractivity contribution is -0.138. The summed E-state index contributed by atoms with van der Waals surface area (Å²) < 4.78 is 13.1. The van der Waals surface area contributed by atoms with Gasteiger partial charge in [-0.15, -0.1) is 0 Å². The van der Waals surface area contributed by atoms with E-state index in [9.17, 15) is 14.0 Å². The van der Waals surface area contributed by atoms with Crippen molar-refractivity contribution in [2.45, 2.75) is 13.8 Å². The van der Waals surface area contributed by atoms with Gasteiger partial charge in [-0.1, -0.05) is 13.0 Å². The van der Waals surface area contributed by atoms with Gasteiger partial charge in [-0.05, 0) is 31.2 Å². The number of nitrogens with one attached hydrogen (secondary N) is 1. The predicted octanol–water partition coefficient (Wildman–Crippen LogP) is 1.48. The molecular weight excluding hydrogens is 251 g/mol. The van der Waals surface area contributed by atoms with Gasteiger partial charge in [0.2, 0.25) is 5.91 Å². The Bertz CT molecular complexity index is 477. The number of nitrogens with zero attached hydrogens (tertiary/aromatic N) is 1. The first kappa shape index (κ1) is 15.1. The van der Waals surface area contributed by atoms with Crippen LogP contribution in [0.4, 0.5) is 10.1 Å². The highest BCUT2D eigenvalue weighted by molar-refractivity contribution is 5.93. The second kappa shape index (κ2) is 6.84. The summed E-state index contributed by atoms with van der Waals surface area (Å²) in [5.74, 6) is -1.79. The second-order valence-electron chi connectivity index (χ2n) is 4.20. The number of carbonyl (C=O) groups excluding carboxylic acids is 1. The van der Waals surface area contributed by atoms with Crippen LogP contribution in [0.1, 0.15) is 12.5 Å². The molecule has 0 aliphatic carbocycles. The van der Waals surface area contributed by atoms with E-state index in [1.54, 1.807) is 19.9 Å². The molecule has 0 saturated carbocycles. The lowest BCUT2D eigenvalue weighted by Crippen LogP contribution is -2.36. The van der Waals surface area contributed by atoms with Gasteiger partial charge in [0.25, 0.3) is 0 Å². The Balaban J connectivity index is 2.63. The molecule has 1 aromatic rings.